The summed E-state index contributed by atoms with van der Waals surface area (Å²) < 4.78 is 0. The standard InChI is InChI=1S/C12H21NO/c13-11-8-12(14,9-11)10-6-4-2-1-3-5-7-10/h6,11,14H,1-5,7-9,13H2/b10-6+. The molecule has 0 heterocycles. The average Bonchev–Trinajstić information content (AvgIpc) is 1.99. The number of rotatable bonds is 1. The van der Waals surface area contributed by atoms with E-state index in [1.165, 1.54) is 31.3 Å². The lowest BCUT2D eigenvalue weighted by atomic mass is 9.69. The second-order valence-electron chi connectivity index (χ2n) is 4.88. The van der Waals surface area contributed by atoms with Crippen molar-refractivity contribution >= 4 is 0 Å². The summed E-state index contributed by atoms with van der Waals surface area (Å²) in [6.45, 7) is 0. The van der Waals surface area contributed by atoms with Crippen LogP contribution in [0, 0.1) is 0 Å². The van der Waals surface area contributed by atoms with Crippen molar-refractivity contribution in [2.45, 2.75) is 63.0 Å². The minimum absolute atomic E-state index is 0.228. The van der Waals surface area contributed by atoms with Crippen LogP contribution in [0.3, 0.4) is 0 Å². The van der Waals surface area contributed by atoms with E-state index < -0.39 is 5.60 Å². The van der Waals surface area contributed by atoms with E-state index in [1.54, 1.807) is 0 Å². The maximum atomic E-state index is 10.3. The molecule has 2 aliphatic carbocycles. The first kappa shape index (κ1) is 10.2. The smallest absolute Gasteiger partial charge is 0.0886 e. The highest BCUT2D eigenvalue weighted by Gasteiger charge is 2.43. The molecule has 80 valence electrons. The number of allylic oxidation sites excluding steroid dienone is 1. The fourth-order valence-electron chi connectivity index (χ4n) is 2.68. The van der Waals surface area contributed by atoms with E-state index in [0.29, 0.717) is 0 Å². The van der Waals surface area contributed by atoms with Crippen molar-refractivity contribution in [3.05, 3.63) is 11.6 Å². The Morgan fingerprint density at radius 2 is 1.93 bits per heavy atom. The van der Waals surface area contributed by atoms with Gasteiger partial charge in [0.1, 0.15) is 0 Å². The normalized spacial score (nSPS) is 43.0. The Hall–Kier alpha value is -0.340. The van der Waals surface area contributed by atoms with Crippen LogP contribution in [0.5, 0.6) is 0 Å². The molecule has 0 spiro atoms. The number of nitrogens with two attached hydrogens (primary N) is 1. The molecule has 0 atom stereocenters. The van der Waals surface area contributed by atoms with Crippen LogP contribution in [-0.4, -0.2) is 16.7 Å². The van der Waals surface area contributed by atoms with E-state index >= 15 is 0 Å². The maximum Gasteiger partial charge on any atom is 0.0886 e. The van der Waals surface area contributed by atoms with E-state index in [0.717, 1.165) is 25.7 Å². The van der Waals surface area contributed by atoms with Crippen LogP contribution in [0.15, 0.2) is 11.6 Å². The first-order valence-electron chi connectivity index (χ1n) is 5.88. The van der Waals surface area contributed by atoms with Gasteiger partial charge in [-0.25, -0.2) is 0 Å². The van der Waals surface area contributed by atoms with E-state index in [2.05, 4.69) is 6.08 Å². The fourth-order valence-corrected chi connectivity index (χ4v) is 2.68. The summed E-state index contributed by atoms with van der Waals surface area (Å²) in [5.74, 6) is 0. The summed E-state index contributed by atoms with van der Waals surface area (Å²) in [6, 6.07) is 0.228. The molecule has 1 saturated carbocycles. The molecule has 0 amide bonds. The summed E-state index contributed by atoms with van der Waals surface area (Å²) in [6.07, 6.45) is 11.2. The zero-order valence-corrected chi connectivity index (χ0v) is 8.84. The van der Waals surface area contributed by atoms with Gasteiger partial charge in [0, 0.05) is 6.04 Å². The Kier molecular flexibility index (Phi) is 2.93. The Morgan fingerprint density at radius 3 is 2.64 bits per heavy atom. The SMILES string of the molecule is NC1CC(O)(/C2=C/CCCCCC2)C1. The summed E-state index contributed by atoms with van der Waals surface area (Å²) in [5, 5.41) is 10.3. The summed E-state index contributed by atoms with van der Waals surface area (Å²) in [7, 11) is 0. The molecule has 0 radical (unpaired) electrons. The highest BCUT2D eigenvalue weighted by molar-refractivity contribution is 5.23. The van der Waals surface area contributed by atoms with Gasteiger partial charge in [0.25, 0.3) is 0 Å². The summed E-state index contributed by atoms with van der Waals surface area (Å²) in [5.41, 5.74) is 6.50. The molecule has 0 aliphatic heterocycles. The van der Waals surface area contributed by atoms with Crippen LogP contribution < -0.4 is 5.73 Å². The van der Waals surface area contributed by atoms with Gasteiger partial charge in [-0.05, 0) is 44.1 Å². The monoisotopic (exact) mass is 195 g/mol. The number of hydrogen-bond acceptors (Lipinski definition) is 2. The molecule has 3 N–H and O–H groups in total. The minimum atomic E-state index is -0.517. The van der Waals surface area contributed by atoms with Crippen LogP contribution in [-0.2, 0) is 0 Å². The van der Waals surface area contributed by atoms with Crippen LogP contribution in [0.25, 0.3) is 0 Å². The van der Waals surface area contributed by atoms with Gasteiger partial charge < -0.3 is 10.8 Å². The number of hydrogen-bond donors (Lipinski definition) is 2. The lowest BCUT2D eigenvalue weighted by Gasteiger charge is -2.44. The third kappa shape index (κ3) is 2.01. The third-order valence-corrected chi connectivity index (χ3v) is 3.59. The molecule has 1 fully saturated rings. The molecule has 2 nitrogen and oxygen atoms in total. The molecule has 2 aliphatic rings. The van der Waals surface area contributed by atoms with Crippen molar-refractivity contribution in [2.75, 3.05) is 0 Å². The van der Waals surface area contributed by atoms with Crippen molar-refractivity contribution in [3.8, 4) is 0 Å². The average molecular weight is 195 g/mol. The van der Waals surface area contributed by atoms with Gasteiger partial charge in [0.2, 0.25) is 0 Å². The van der Waals surface area contributed by atoms with Gasteiger partial charge >= 0.3 is 0 Å². The second kappa shape index (κ2) is 4.03. The Balaban J connectivity index is 2.00. The van der Waals surface area contributed by atoms with Crippen LogP contribution in [0.4, 0.5) is 0 Å². The Bertz CT molecular complexity index is 228. The van der Waals surface area contributed by atoms with Crippen LogP contribution >= 0.6 is 0 Å². The largest absolute Gasteiger partial charge is 0.385 e. The predicted molar refractivity (Wildman–Crippen MR) is 57.9 cm³/mol. The second-order valence-corrected chi connectivity index (χ2v) is 4.88. The van der Waals surface area contributed by atoms with E-state index in [1.807, 2.05) is 0 Å². The zero-order chi connectivity index (χ0) is 10.0. The maximum absolute atomic E-state index is 10.3. The summed E-state index contributed by atoms with van der Waals surface area (Å²) in [4.78, 5) is 0. The van der Waals surface area contributed by atoms with Gasteiger partial charge in [-0.1, -0.05) is 18.9 Å². The van der Waals surface area contributed by atoms with E-state index in [4.69, 9.17) is 5.73 Å². The molecule has 0 aromatic heterocycles. The topological polar surface area (TPSA) is 46.2 Å². The van der Waals surface area contributed by atoms with Crippen molar-refractivity contribution in [1.82, 2.24) is 0 Å². The van der Waals surface area contributed by atoms with Gasteiger partial charge in [-0.3, -0.25) is 0 Å². The first-order chi connectivity index (χ1) is 6.71. The van der Waals surface area contributed by atoms with Crippen molar-refractivity contribution < 1.29 is 5.11 Å². The van der Waals surface area contributed by atoms with Crippen LogP contribution in [0.1, 0.15) is 51.4 Å². The first-order valence-corrected chi connectivity index (χ1v) is 5.88. The van der Waals surface area contributed by atoms with E-state index in [9.17, 15) is 5.11 Å². The van der Waals surface area contributed by atoms with Crippen molar-refractivity contribution in [1.29, 1.82) is 0 Å². The predicted octanol–water partition coefficient (Wildman–Crippen LogP) is 2.12. The molecule has 0 aromatic carbocycles. The molecule has 0 saturated heterocycles. The van der Waals surface area contributed by atoms with Gasteiger partial charge in [0.05, 0.1) is 5.60 Å². The van der Waals surface area contributed by atoms with Gasteiger partial charge in [0.15, 0.2) is 0 Å². The Morgan fingerprint density at radius 1 is 1.21 bits per heavy atom. The highest BCUT2D eigenvalue weighted by atomic mass is 16.3. The molecular formula is C12H21NO. The molecule has 14 heavy (non-hydrogen) atoms. The van der Waals surface area contributed by atoms with Crippen molar-refractivity contribution in [2.24, 2.45) is 5.73 Å². The van der Waals surface area contributed by atoms with Crippen molar-refractivity contribution in [3.63, 3.8) is 0 Å². The number of aliphatic hydroxyl groups is 1. The van der Waals surface area contributed by atoms with E-state index in [-0.39, 0.29) is 6.04 Å². The molecule has 0 unspecified atom stereocenters. The van der Waals surface area contributed by atoms with Gasteiger partial charge in [-0.2, -0.15) is 0 Å². The zero-order valence-electron chi connectivity index (χ0n) is 8.84. The lowest BCUT2D eigenvalue weighted by Crippen LogP contribution is -2.52. The lowest BCUT2D eigenvalue weighted by molar-refractivity contribution is -0.0154. The molecule has 2 heteroatoms. The van der Waals surface area contributed by atoms with Gasteiger partial charge in [-0.15, -0.1) is 0 Å². The fraction of sp³-hybridized carbons (Fsp3) is 0.833. The highest BCUT2D eigenvalue weighted by Crippen LogP contribution is 2.40. The molecule has 0 aromatic rings. The molecular weight excluding hydrogens is 174 g/mol. The summed E-state index contributed by atoms with van der Waals surface area (Å²) >= 11 is 0. The molecule has 2 rings (SSSR count). The molecule has 0 bridgehead atoms. The third-order valence-electron chi connectivity index (χ3n) is 3.59. The minimum Gasteiger partial charge on any atom is -0.385 e. The Labute approximate surface area is 86.2 Å². The quantitative estimate of drug-likeness (QED) is 0.629. The van der Waals surface area contributed by atoms with Crippen LogP contribution in [0.2, 0.25) is 0 Å².